The molecule has 0 unspecified atom stereocenters. The van der Waals surface area contributed by atoms with Crippen LogP contribution in [0.5, 0.6) is 0 Å². The van der Waals surface area contributed by atoms with E-state index in [0.29, 0.717) is 0 Å². The molecule has 0 radical (unpaired) electrons. The highest BCUT2D eigenvalue weighted by Gasteiger charge is 2.45. The van der Waals surface area contributed by atoms with Crippen LogP contribution in [0.15, 0.2) is 146 Å². The molecule has 2 aliphatic rings. The van der Waals surface area contributed by atoms with Gasteiger partial charge in [-0.15, -0.1) is 0 Å². The van der Waals surface area contributed by atoms with Crippen molar-refractivity contribution in [1.82, 2.24) is 0 Å². The molecule has 0 fully saturated rings. The molecule has 0 saturated carbocycles. The fourth-order valence-electron chi connectivity index (χ4n) is 4.23. The Labute approximate surface area is 253 Å². The number of hydrogen-bond acceptors (Lipinski definition) is 2. The van der Waals surface area contributed by atoms with E-state index in [0.717, 1.165) is 0 Å². The van der Waals surface area contributed by atoms with Gasteiger partial charge in [0.25, 0.3) is 0 Å². The fourth-order valence-corrected chi connectivity index (χ4v) is 12.3. The SMILES string of the molecule is C/C(=C(/C)[S+]1c2ccccc2Sc2ccccc21)[S+]1c2ccccc2Sc2ccccc21.F[B-](F)(F)F.F[B-](F)(F)F. The van der Waals surface area contributed by atoms with E-state index in [-0.39, 0.29) is 21.8 Å². The van der Waals surface area contributed by atoms with Gasteiger partial charge >= 0.3 is 14.5 Å². The van der Waals surface area contributed by atoms with Gasteiger partial charge in [0.15, 0.2) is 29.4 Å². The van der Waals surface area contributed by atoms with Gasteiger partial charge < -0.3 is 34.5 Å². The summed E-state index contributed by atoms with van der Waals surface area (Å²) >= 11 is 3.82. The lowest BCUT2D eigenvalue weighted by Gasteiger charge is -2.22. The Hall–Kier alpha value is -2.41. The molecule has 0 amide bonds. The molecule has 2 aliphatic heterocycles. The summed E-state index contributed by atoms with van der Waals surface area (Å²) < 4.78 is 78.0. The first-order valence-electron chi connectivity index (χ1n) is 12.3. The molecule has 42 heavy (non-hydrogen) atoms. The summed E-state index contributed by atoms with van der Waals surface area (Å²) in [5.41, 5.74) is 0. The van der Waals surface area contributed by atoms with Gasteiger partial charge in [0.05, 0.1) is 19.6 Å². The molecule has 220 valence electrons. The van der Waals surface area contributed by atoms with Crippen LogP contribution in [0.4, 0.5) is 34.5 Å². The van der Waals surface area contributed by atoms with Gasteiger partial charge in [-0.3, -0.25) is 0 Å². The quantitative estimate of drug-likeness (QED) is 0.119. The number of fused-ring (bicyclic) bond motifs is 4. The minimum atomic E-state index is -6.00. The van der Waals surface area contributed by atoms with Crippen LogP contribution in [0.25, 0.3) is 0 Å². The van der Waals surface area contributed by atoms with Crippen LogP contribution >= 0.6 is 23.5 Å². The first kappa shape index (κ1) is 32.5. The maximum absolute atomic E-state index is 9.75. The molecular formula is C28H22B2F8S4. The van der Waals surface area contributed by atoms with Crippen LogP contribution in [0.3, 0.4) is 0 Å². The van der Waals surface area contributed by atoms with Crippen molar-refractivity contribution in [2.24, 2.45) is 0 Å². The van der Waals surface area contributed by atoms with E-state index < -0.39 is 14.5 Å². The summed E-state index contributed by atoms with van der Waals surface area (Å²) in [5, 5.41) is 0. The van der Waals surface area contributed by atoms with Crippen LogP contribution in [-0.4, -0.2) is 14.5 Å². The summed E-state index contributed by atoms with van der Waals surface area (Å²) in [6.07, 6.45) is 0. The van der Waals surface area contributed by atoms with Crippen molar-refractivity contribution in [3.05, 3.63) is 107 Å². The van der Waals surface area contributed by atoms with E-state index in [9.17, 15) is 34.5 Å². The van der Waals surface area contributed by atoms with Gasteiger partial charge in [0, 0.05) is 13.8 Å². The molecule has 0 nitrogen and oxygen atoms in total. The Kier molecular flexibility index (Phi) is 10.4. The third-order valence-corrected chi connectivity index (χ3v) is 13.8. The Morgan fingerprint density at radius 3 is 0.833 bits per heavy atom. The van der Waals surface area contributed by atoms with Crippen molar-refractivity contribution in [3.63, 3.8) is 0 Å². The number of rotatable bonds is 2. The van der Waals surface area contributed by atoms with Gasteiger partial charge in [0.2, 0.25) is 0 Å². The average Bonchev–Trinajstić information content (AvgIpc) is 2.92. The molecule has 0 aliphatic carbocycles. The first-order valence-corrected chi connectivity index (χ1v) is 16.4. The zero-order chi connectivity index (χ0) is 30.7. The van der Waals surface area contributed by atoms with Crippen molar-refractivity contribution in [2.75, 3.05) is 0 Å². The van der Waals surface area contributed by atoms with E-state index in [1.54, 1.807) is 0 Å². The summed E-state index contributed by atoms with van der Waals surface area (Å²) in [6, 6.07) is 35.9. The van der Waals surface area contributed by atoms with Gasteiger partial charge in [-0.2, -0.15) is 0 Å². The Morgan fingerprint density at radius 1 is 0.429 bits per heavy atom. The molecule has 14 heteroatoms. The van der Waals surface area contributed by atoms with Crippen molar-refractivity contribution < 1.29 is 34.5 Å². The van der Waals surface area contributed by atoms with Crippen LogP contribution in [0.1, 0.15) is 13.8 Å². The van der Waals surface area contributed by atoms with Gasteiger partial charge in [-0.05, 0) is 48.5 Å². The Balaban J connectivity index is 0.000000352. The van der Waals surface area contributed by atoms with Crippen LogP contribution in [-0.2, 0) is 21.8 Å². The molecule has 6 rings (SSSR count). The normalized spacial score (nSPS) is 14.9. The maximum Gasteiger partial charge on any atom is 0.673 e. The van der Waals surface area contributed by atoms with Crippen molar-refractivity contribution in [2.45, 2.75) is 53.0 Å². The van der Waals surface area contributed by atoms with E-state index >= 15 is 0 Å². The van der Waals surface area contributed by atoms with Crippen molar-refractivity contribution >= 4 is 59.8 Å². The minimum Gasteiger partial charge on any atom is -0.418 e. The van der Waals surface area contributed by atoms with Crippen LogP contribution < -0.4 is 0 Å². The van der Waals surface area contributed by atoms with Gasteiger partial charge in [0.1, 0.15) is 21.8 Å². The predicted molar refractivity (Wildman–Crippen MR) is 161 cm³/mol. The standard InChI is InChI=1S/C28H22S4.2BF4/c1-19(31-25-15-7-3-11-21(25)29-22-12-4-8-16-26(22)31)20(2)32-27-17-9-5-13-23(27)30-24-14-6-10-18-28(24)32;2*2-1(3,4)5/h3-18H,1-2H3;;/q+2;2*-1/b20-19+;;. The Morgan fingerprint density at radius 2 is 0.619 bits per heavy atom. The third kappa shape index (κ3) is 8.36. The van der Waals surface area contributed by atoms with Crippen LogP contribution in [0.2, 0.25) is 0 Å². The molecule has 0 bridgehead atoms. The molecule has 4 aromatic rings. The zero-order valence-corrected chi connectivity index (χ0v) is 25.3. The Bertz CT molecular complexity index is 1370. The van der Waals surface area contributed by atoms with Crippen LogP contribution in [0, 0.1) is 0 Å². The van der Waals surface area contributed by atoms with Crippen molar-refractivity contribution in [1.29, 1.82) is 0 Å². The van der Waals surface area contributed by atoms with Gasteiger partial charge in [-0.1, -0.05) is 72.1 Å². The molecule has 0 N–H and O–H groups in total. The second kappa shape index (κ2) is 13.5. The smallest absolute Gasteiger partial charge is 0.418 e. The minimum absolute atomic E-state index is 0.0657. The summed E-state index contributed by atoms with van der Waals surface area (Å²) in [5.74, 6) is 0. The molecule has 2 heterocycles. The molecule has 0 saturated heterocycles. The second-order valence-electron chi connectivity index (χ2n) is 8.71. The largest absolute Gasteiger partial charge is 0.673 e. The molecule has 0 aromatic heterocycles. The molecule has 4 aromatic carbocycles. The molecule has 0 atom stereocenters. The number of allylic oxidation sites excluding steroid dienone is 2. The first-order chi connectivity index (χ1) is 19.7. The summed E-state index contributed by atoms with van der Waals surface area (Å²) in [6.45, 7) is 4.75. The summed E-state index contributed by atoms with van der Waals surface area (Å²) in [7, 11) is -12.1. The lowest BCUT2D eigenvalue weighted by molar-refractivity contribution is 0.366. The van der Waals surface area contributed by atoms with Gasteiger partial charge in [-0.25, -0.2) is 0 Å². The highest BCUT2D eigenvalue weighted by molar-refractivity contribution is 8.08. The van der Waals surface area contributed by atoms with Crippen molar-refractivity contribution in [3.8, 4) is 0 Å². The topological polar surface area (TPSA) is 0 Å². The van der Waals surface area contributed by atoms with E-state index in [1.807, 2.05) is 23.5 Å². The zero-order valence-electron chi connectivity index (χ0n) is 22.0. The van der Waals surface area contributed by atoms with E-state index in [2.05, 4.69) is 111 Å². The number of halogens is 8. The predicted octanol–water partition coefficient (Wildman–Crippen LogP) is 11.2. The lowest BCUT2D eigenvalue weighted by Crippen LogP contribution is -2.17. The second-order valence-corrected chi connectivity index (χ2v) is 15.1. The lowest BCUT2D eigenvalue weighted by atomic mass is 10.3. The number of benzene rings is 4. The fraction of sp³-hybridized carbons (Fsp3) is 0.0714. The number of hydrogen-bond donors (Lipinski definition) is 0. The van der Waals surface area contributed by atoms with E-state index in [4.69, 9.17) is 0 Å². The third-order valence-electron chi connectivity index (χ3n) is 5.82. The average molecular weight is 660 g/mol. The van der Waals surface area contributed by atoms with E-state index in [1.165, 1.54) is 49.0 Å². The molecular weight excluding hydrogens is 638 g/mol. The maximum atomic E-state index is 9.75. The highest BCUT2D eigenvalue weighted by Crippen LogP contribution is 2.52. The monoisotopic (exact) mass is 660 g/mol. The summed E-state index contributed by atoms with van der Waals surface area (Å²) in [4.78, 5) is 14.4. The molecule has 0 spiro atoms. The highest BCUT2D eigenvalue weighted by atomic mass is 32.2.